The lowest BCUT2D eigenvalue weighted by Crippen LogP contribution is -2.33. The largest absolute Gasteiger partial charge is 0.271 e. The molecule has 26 heavy (non-hydrogen) atoms. The summed E-state index contributed by atoms with van der Waals surface area (Å²) in [6, 6.07) is 7.22. The van der Waals surface area contributed by atoms with Crippen LogP contribution in [0.25, 0.3) is 0 Å². The van der Waals surface area contributed by atoms with Gasteiger partial charge in [0.15, 0.2) is 0 Å². The van der Waals surface area contributed by atoms with Crippen LogP contribution in [0.1, 0.15) is 37.8 Å². The molecule has 4 amide bonds. The summed E-state index contributed by atoms with van der Waals surface area (Å²) in [5.74, 6) is -1.22. The molecular weight excluding hydrogens is 332 g/mol. The van der Waals surface area contributed by atoms with Gasteiger partial charge in [-0.15, -0.1) is 0 Å². The standard InChI is InChI=1S/C20H20N2O4/c1-3-13-9-17(23)21(19(13)25)11-15-7-5-6-8-16(15)12-22-18(24)10-14(4-2)20(22)26/h5-10H,3-4,11-12H2,1-2H3. The Morgan fingerprint density at radius 1 is 0.692 bits per heavy atom. The summed E-state index contributed by atoms with van der Waals surface area (Å²) in [5, 5.41) is 0. The fraction of sp³-hybridized carbons (Fsp3) is 0.300. The Bertz CT molecular complexity index is 795. The molecule has 0 spiro atoms. The van der Waals surface area contributed by atoms with E-state index in [4.69, 9.17) is 0 Å². The van der Waals surface area contributed by atoms with E-state index in [1.54, 1.807) is 24.3 Å². The van der Waals surface area contributed by atoms with Crippen LogP contribution in [0.15, 0.2) is 47.6 Å². The molecule has 0 N–H and O–H groups in total. The van der Waals surface area contributed by atoms with Gasteiger partial charge in [0.25, 0.3) is 23.6 Å². The SMILES string of the molecule is CCC1=CC(=O)N(Cc2ccccc2CN2C(=O)C=C(CC)C2=O)C1=O. The molecule has 0 saturated heterocycles. The van der Waals surface area contributed by atoms with Gasteiger partial charge in [0.05, 0.1) is 13.1 Å². The summed E-state index contributed by atoms with van der Waals surface area (Å²) in [6.45, 7) is 3.91. The summed E-state index contributed by atoms with van der Waals surface area (Å²) in [4.78, 5) is 51.2. The Balaban J connectivity index is 1.80. The molecule has 1 aromatic rings. The maximum atomic E-state index is 12.3. The summed E-state index contributed by atoms with van der Waals surface area (Å²) >= 11 is 0. The first kappa shape index (κ1) is 17.8. The summed E-state index contributed by atoms with van der Waals surface area (Å²) in [6.07, 6.45) is 3.75. The number of carbonyl (C=O) groups is 4. The Morgan fingerprint density at radius 3 is 1.38 bits per heavy atom. The van der Waals surface area contributed by atoms with Gasteiger partial charge < -0.3 is 0 Å². The van der Waals surface area contributed by atoms with Crippen molar-refractivity contribution in [1.82, 2.24) is 9.80 Å². The fourth-order valence-corrected chi connectivity index (χ4v) is 3.14. The van der Waals surface area contributed by atoms with Crippen LogP contribution < -0.4 is 0 Å². The molecule has 2 aliphatic rings. The van der Waals surface area contributed by atoms with Gasteiger partial charge in [-0.1, -0.05) is 38.1 Å². The van der Waals surface area contributed by atoms with Gasteiger partial charge >= 0.3 is 0 Å². The molecule has 0 fully saturated rings. The minimum atomic E-state index is -0.329. The van der Waals surface area contributed by atoms with Crippen molar-refractivity contribution in [1.29, 1.82) is 0 Å². The number of benzene rings is 1. The number of rotatable bonds is 6. The molecule has 6 nitrogen and oxygen atoms in total. The minimum Gasteiger partial charge on any atom is -0.271 e. The van der Waals surface area contributed by atoms with Crippen LogP contribution in [-0.2, 0) is 32.3 Å². The van der Waals surface area contributed by atoms with Crippen LogP contribution in [0.3, 0.4) is 0 Å². The third kappa shape index (κ3) is 3.10. The van der Waals surface area contributed by atoms with E-state index >= 15 is 0 Å². The monoisotopic (exact) mass is 352 g/mol. The first-order valence-corrected chi connectivity index (χ1v) is 8.65. The van der Waals surface area contributed by atoms with Gasteiger partial charge in [0.1, 0.15) is 0 Å². The molecule has 2 heterocycles. The normalized spacial score (nSPS) is 17.3. The van der Waals surface area contributed by atoms with E-state index in [0.717, 1.165) is 11.1 Å². The molecule has 0 radical (unpaired) electrons. The molecule has 6 heteroatoms. The number of amides is 4. The van der Waals surface area contributed by atoms with Crippen LogP contribution in [0.5, 0.6) is 0 Å². The van der Waals surface area contributed by atoms with E-state index in [2.05, 4.69) is 0 Å². The highest BCUT2D eigenvalue weighted by molar-refractivity contribution is 6.16. The summed E-state index contributed by atoms with van der Waals surface area (Å²) in [5.41, 5.74) is 2.47. The molecule has 3 rings (SSSR count). The van der Waals surface area contributed by atoms with Gasteiger partial charge in [-0.2, -0.15) is 0 Å². The molecule has 0 bridgehead atoms. The second-order valence-electron chi connectivity index (χ2n) is 6.27. The van der Waals surface area contributed by atoms with Crippen molar-refractivity contribution in [3.8, 4) is 0 Å². The number of hydrogen-bond acceptors (Lipinski definition) is 4. The molecule has 134 valence electrons. The Kier molecular flexibility index (Phi) is 4.84. The lowest BCUT2D eigenvalue weighted by Gasteiger charge is -2.20. The van der Waals surface area contributed by atoms with E-state index in [-0.39, 0.29) is 36.7 Å². The third-order valence-electron chi connectivity index (χ3n) is 4.70. The molecule has 1 aromatic carbocycles. The van der Waals surface area contributed by atoms with Gasteiger partial charge in [-0.3, -0.25) is 29.0 Å². The van der Waals surface area contributed by atoms with Gasteiger partial charge in [-0.05, 0) is 24.0 Å². The molecule has 0 unspecified atom stereocenters. The average molecular weight is 352 g/mol. The number of imide groups is 2. The number of carbonyl (C=O) groups excluding carboxylic acids is 4. The highest BCUT2D eigenvalue weighted by Crippen LogP contribution is 2.23. The summed E-state index contributed by atoms with van der Waals surface area (Å²) < 4.78 is 0. The van der Waals surface area contributed by atoms with E-state index in [0.29, 0.717) is 24.0 Å². The smallest absolute Gasteiger partial charge is 0.257 e. The first-order chi connectivity index (χ1) is 12.5. The number of hydrogen-bond donors (Lipinski definition) is 0. The van der Waals surface area contributed by atoms with Crippen molar-refractivity contribution in [2.24, 2.45) is 0 Å². The Hall–Kier alpha value is -3.02. The third-order valence-corrected chi connectivity index (χ3v) is 4.70. The Labute approximate surface area is 151 Å². The van der Waals surface area contributed by atoms with E-state index in [1.165, 1.54) is 22.0 Å². The summed E-state index contributed by atoms with van der Waals surface area (Å²) in [7, 11) is 0. The van der Waals surface area contributed by atoms with Gasteiger partial charge in [-0.25, -0.2) is 0 Å². The van der Waals surface area contributed by atoms with Crippen molar-refractivity contribution in [2.45, 2.75) is 39.8 Å². The zero-order valence-electron chi connectivity index (χ0n) is 14.8. The van der Waals surface area contributed by atoms with E-state index < -0.39 is 0 Å². The fourth-order valence-electron chi connectivity index (χ4n) is 3.14. The van der Waals surface area contributed by atoms with E-state index in [9.17, 15) is 19.2 Å². The van der Waals surface area contributed by atoms with Crippen LogP contribution in [0, 0.1) is 0 Å². The Morgan fingerprint density at radius 2 is 1.08 bits per heavy atom. The van der Waals surface area contributed by atoms with Crippen LogP contribution in [0.2, 0.25) is 0 Å². The predicted molar refractivity (Wildman–Crippen MR) is 94.3 cm³/mol. The second kappa shape index (κ2) is 7.07. The lowest BCUT2D eigenvalue weighted by molar-refractivity contribution is -0.139. The molecular formula is C20H20N2O4. The lowest BCUT2D eigenvalue weighted by atomic mass is 10.1. The maximum absolute atomic E-state index is 12.3. The van der Waals surface area contributed by atoms with Crippen molar-refractivity contribution in [3.05, 3.63) is 58.7 Å². The maximum Gasteiger partial charge on any atom is 0.257 e. The zero-order chi connectivity index (χ0) is 18.8. The quantitative estimate of drug-likeness (QED) is 0.735. The van der Waals surface area contributed by atoms with Crippen molar-refractivity contribution in [3.63, 3.8) is 0 Å². The van der Waals surface area contributed by atoms with Gasteiger partial charge in [0, 0.05) is 23.3 Å². The van der Waals surface area contributed by atoms with Crippen molar-refractivity contribution in [2.75, 3.05) is 0 Å². The van der Waals surface area contributed by atoms with Gasteiger partial charge in [0.2, 0.25) is 0 Å². The highest BCUT2D eigenvalue weighted by Gasteiger charge is 2.32. The minimum absolute atomic E-state index is 0.123. The second-order valence-corrected chi connectivity index (χ2v) is 6.27. The van der Waals surface area contributed by atoms with Crippen LogP contribution >= 0.6 is 0 Å². The van der Waals surface area contributed by atoms with Crippen molar-refractivity contribution >= 4 is 23.6 Å². The predicted octanol–water partition coefficient (Wildman–Crippen LogP) is 2.10. The molecule has 2 aliphatic heterocycles. The van der Waals surface area contributed by atoms with Crippen LogP contribution in [-0.4, -0.2) is 33.4 Å². The first-order valence-electron chi connectivity index (χ1n) is 8.65. The molecule has 0 aromatic heterocycles. The van der Waals surface area contributed by atoms with E-state index in [1.807, 2.05) is 13.8 Å². The zero-order valence-corrected chi connectivity index (χ0v) is 14.8. The van der Waals surface area contributed by atoms with Crippen molar-refractivity contribution < 1.29 is 19.2 Å². The molecule has 0 atom stereocenters. The molecule has 0 saturated carbocycles. The molecule has 0 aliphatic carbocycles. The van der Waals surface area contributed by atoms with Crippen LogP contribution in [0.4, 0.5) is 0 Å². The average Bonchev–Trinajstić information content (AvgIpc) is 3.07. The number of nitrogens with zero attached hydrogens (tertiary/aromatic N) is 2. The highest BCUT2D eigenvalue weighted by atomic mass is 16.2. The topological polar surface area (TPSA) is 74.8 Å².